The lowest BCUT2D eigenvalue weighted by atomic mass is 10.1. The Morgan fingerprint density at radius 3 is 2.61 bits per heavy atom. The minimum absolute atomic E-state index is 0.0890. The summed E-state index contributed by atoms with van der Waals surface area (Å²) in [5, 5.41) is 8.02. The normalized spacial score (nSPS) is 19.7. The number of hydrogen-bond donors (Lipinski definition) is 0. The Balaban J connectivity index is 1.29. The van der Waals surface area contributed by atoms with Crippen molar-refractivity contribution < 1.29 is 14.3 Å². The molecule has 7 heteroatoms. The molecule has 1 aromatic carbocycles. The predicted molar refractivity (Wildman–Crippen MR) is 106 cm³/mol. The second-order valence-corrected chi connectivity index (χ2v) is 7.38. The second-order valence-electron chi connectivity index (χ2n) is 7.38. The molecule has 1 unspecified atom stereocenters. The average molecular weight is 382 g/mol. The zero-order valence-electron chi connectivity index (χ0n) is 16.2. The standard InChI is InChI=1S/C21H26N4O3/c1-16-2-7-20(23-22-16)28-15-17-8-9-25(14-17)21(26)18-3-5-19(6-4-18)24-10-12-27-13-11-24/h2-7,17H,8-15H2,1H3. The molecule has 1 aromatic heterocycles. The summed E-state index contributed by atoms with van der Waals surface area (Å²) in [6.07, 6.45) is 0.941. The monoisotopic (exact) mass is 382 g/mol. The van der Waals surface area contributed by atoms with Crippen LogP contribution in [0.1, 0.15) is 22.5 Å². The van der Waals surface area contributed by atoms with Gasteiger partial charge in [0.25, 0.3) is 5.91 Å². The van der Waals surface area contributed by atoms with E-state index >= 15 is 0 Å². The molecule has 1 atom stereocenters. The van der Waals surface area contributed by atoms with Gasteiger partial charge >= 0.3 is 0 Å². The van der Waals surface area contributed by atoms with E-state index in [9.17, 15) is 4.79 Å². The molecule has 148 valence electrons. The molecule has 1 amide bonds. The summed E-state index contributed by atoms with van der Waals surface area (Å²) in [4.78, 5) is 17.0. The van der Waals surface area contributed by atoms with E-state index in [4.69, 9.17) is 9.47 Å². The number of anilines is 1. The molecule has 2 aromatic rings. The first kappa shape index (κ1) is 18.7. The van der Waals surface area contributed by atoms with E-state index in [1.54, 1.807) is 0 Å². The molecular weight excluding hydrogens is 356 g/mol. The Morgan fingerprint density at radius 2 is 1.89 bits per heavy atom. The Bertz CT molecular complexity index is 788. The summed E-state index contributed by atoms with van der Waals surface area (Å²) in [6.45, 7) is 7.22. The highest BCUT2D eigenvalue weighted by Crippen LogP contribution is 2.22. The largest absolute Gasteiger partial charge is 0.476 e. The molecule has 0 spiro atoms. The van der Waals surface area contributed by atoms with Gasteiger partial charge in [0, 0.05) is 49.4 Å². The number of aromatic nitrogens is 2. The molecule has 2 fully saturated rings. The van der Waals surface area contributed by atoms with Crippen LogP contribution in [0.3, 0.4) is 0 Å². The van der Waals surface area contributed by atoms with Crippen LogP contribution in [-0.4, -0.2) is 67.0 Å². The zero-order valence-corrected chi connectivity index (χ0v) is 16.2. The van der Waals surface area contributed by atoms with Crippen molar-refractivity contribution in [2.75, 3.05) is 50.9 Å². The first-order chi connectivity index (χ1) is 13.7. The van der Waals surface area contributed by atoms with E-state index in [0.29, 0.717) is 24.9 Å². The van der Waals surface area contributed by atoms with Crippen molar-refractivity contribution in [3.63, 3.8) is 0 Å². The maximum atomic E-state index is 12.8. The molecule has 0 saturated carbocycles. The van der Waals surface area contributed by atoms with Gasteiger partial charge in [0.15, 0.2) is 0 Å². The van der Waals surface area contributed by atoms with Gasteiger partial charge in [-0.1, -0.05) is 0 Å². The molecule has 28 heavy (non-hydrogen) atoms. The fourth-order valence-electron chi connectivity index (χ4n) is 3.64. The first-order valence-corrected chi connectivity index (χ1v) is 9.84. The topological polar surface area (TPSA) is 67.8 Å². The van der Waals surface area contributed by atoms with Gasteiger partial charge in [0.05, 0.1) is 25.5 Å². The van der Waals surface area contributed by atoms with Gasteiger partial charge in [0.2, 0.25) is 5.88 Å². The SMILES string of the molecule is Cc1ccc(OCC2CCN(C(=O)c3ccc(N4CCOCC4)cc3)C2)nn1. The van der Waals surface area contributed by atoms with Gasteiger partial charge < -0.3 is 19.3 Å². The highest BCUT2D eigenvalue weighted by atomic mass is 16.5. The van der Waals surface area contributed by atoms with E-state index < -0.39 is 0 Å². The summed E-state index contributed by atoms with van der Waals surface area (Å²) >= 11 is 0. The Morgan fingerprint density at radius 1 is 1.11 bits per heavy atom. The van der Waals surface area contributed by atoms with Gasteiger partial charge in [-0.05, 0) is 43.7 Å². The molecule has 0 N–H and O–H groups in total. The molecule has 0 bridgehead atoms. The fraction of sp³-hybridized carbons (Fsp3) is 0.476. The fourth-order valence-corrected chi connectivity index (χ4v) is 3.64. The van der Waals surface area contributed by atoms with Crippen LogP contribution in [-0.2, 0) is 4.74 Å². The van der Waals surface area contributed by atoms with Crippen LogP contribution in [0, 0.1) is 12.8 Å². The van der Waals surface area contributed by atoms with Crippen molar-refractivity contribution in [2.45, 2.75) is 13.3 Å². The number of amides is 1. The molecule has 2 saturated heterocycles. The number of carbonyl (C=O) groups is 1. The van der Waals surface area contributed by atoms with Gasteiger partial charge in [-0.25, -0.2) is 0 Å². The maximum Gasteiger partial charge on any atom is 0.253 e. The van der Waals surface area contributed by atoms with Crippen LogP contribution in [0.15, 0.2) is 36.4 Å². The van der Waals surface area contributed by atoms with E-state index in [-0.39, 0.29) is 5.91 Å². The number of aryl methyl sites for hydroxylation is 1. The molecule has 2 aliphatic heterocycles. The molecule has 0 radical (unpaired) electrons. The maximum absolute atomic E-state index is 12.8. The summed E-state index contributed by atoms with van der Waals surface area (Å²) < 4.78 is 11.1. The minimum Gasteiger partial charge on any atom is -0.476 e. The number of benzene rings is 1. The summed E-state index contributed by atoms with van der Waals surface area (Å²) in [6, 6.07) is 11.6. The van der Waals surface area contributed by atoms with Crippen molar-refractivity contribution in [1.29, 1.82) is 0 Å². The number of hydrogen-bond acceptors (Lipinski definition) is 6. The number of ether oxygens (including phenoxy) is 2. The molecule has 4 rings (SSSR count). The van der Waals surface area contributed by atoms with Crippen molar-refractivity contribution in [3.8, 4) is 5.88 Å². The van der Waals surface area contributed by atoms with Gasteiger partial charge in [-0.3, -0.25) is 4.79 Å². The smallest absolute Gasteiger partial charge is 0.253 e. The van der Waals surface area contributed by atoms with E-state index in [2.05, 4.69) is 15.1 Å². The Labute approximate surface area is 165 Å². The number of morpholine rings is 1. The van der Waals surface area contributed by atoms with Crippen LogP contribution in [0.2, 0.25) is 0 Å². The lowest BCUT2D eigenvalue weighted by molar-refractivity contribution is 0.0782. The molecular formula is C21H26N4O3. The summed E-state index contributed by atoms with van der Waals surface area (Å²) in [5.41, 5.74) is 2.75. The van der Waals surface area contributed by atoms with Gasteiger partial charge in [0.1, 0.15) is 0 Å². The molecule has 7 nitrogen and oxygen atoms in total. The van der Waals surface area contributed by atoms with Crippen molar-refractivity contribution in [2.24, 2.45) is 5.92 Å². The molecule has 0 aliphatic carbocycles. The van der Waals surface area contributed by atoms with Crippen molar-refractivity contribution >= 4 is 11.6 Å². The van der Waals surface area contributed by atoms with Crippen molar-refractivity contribution in [3.05, 3.63) is 47.7 Å². The van der Waals surface area contributed by atoms with Crippen LogP contribution >= 0.6 is 0 Å². The highest BCUT2D eigenvalue weighted by molar-refractivity contribution is 5.94. The molecule has 2 aliphatic rings. The third-order valence-electron chi connectivity index (χ3n) is 5.30. The van der Waals surface area contributed by atoms with Crippen LogP contribution < -0.4 is 9.64 Å². The average Bonchev–Trinajstić information content (AvgIpc) is 3.23. The lowest BCUT2D eigenvalue weighted by Crippen LogP contribution is -2.36. The van der Waals surface area contributed by atoms with Gasteiger partial charge in [-0.15, -0.1) is 5.10 Å². The van der Waals surface area contributed by atoms with Crippen molar-refractivity contribution in [1.82, 2.24) is 15.1 Å². The minimum atomic E-state index is 0.0890. The summed E-state index contributed by atoms with van der Waals surface area (Å²) in [5.74, 6) is 0.944. The van der Waals surface area contributed by atoms with Crippen LogP contribution in [0.5, 0.6) is 5.88 Å². The summed E-state index contributed by atoms with van der Waals surface area (Å²) in [7, 11) is 0. The number of likely N-dealkylation sites (tertiary alicyclic amines) is 1. The number of rotatable bonds is 5. The number of nitrogens with zero attached hydrogens (tertiary/aromatic N) is 4. The van der Waals surface area contributed by atoms with Crippen LogP contribution in [0.4, 0.5) is 5.69 Å². The lowest BCUT2D eigenvalue weighted by Gasteiger charge is -2.29. The third-order valence-corrected chi connectivity index (χ3v) is 5.30. The zero-order chi connectivity index (χ0) is 19.3. The highest BCUT2D eigenvalue weighted by Gasteiger charge is 2.27. The van der Waals surface area contributed by atoms with E-state index in [0.717, 1.165) is 56.2 Å². The quantitative estimate of drug-likeness (QED) is 0.790. The third kappa shape index (κ3) is 4.42. The Hall–Kier alpha value is -2.67. The predicted octanol–water partition coefficient (Wildman–Crippen LogP) is 2.16. The van der Waals surface area contributed by atoms with E-state index in [1.807, 2.05) is 48.2 Å². The first-order valence-electron chi connectivity index (χ1n) is 9.84. The van der Waals surface area contributed by atoms with Gasteiger partial charge in [-0.2, -0.15) is 5.10 Å². The molecule has 3 heterocycles. The second kappa shape index (κ2) is 8.56. The van der Waals surface area contributed by atoms with E-state index in [1.165, 1.54) is 0 Å². The Kier molecular flexibility index (Phi) is 5.71. The number of carbonyl (C=O) groups excluding carboxylic acids is 1. The van der Waals surface area contributed by atoms with Crippen LogP contribution in [0.25, 0.3) is 0 Å².